The van der Waals surface area contributed by atoms with E-state index >= 15 is 0 Å². The van der Waals surface area contributed by atoms with Crippen LogP contribution >= 0.6 is 11.6 Å². The molecule has 0 radical (unpaired) electrons. The molecule has 0 N–H and O–H groups in total. The first kappa shape index (κ1) is 22.0. The lowest BCUT2D eigenvalue weighted by molar-refractivity contribution is 0.0584. The van der Waals surface area contributed by atoms with Gasteiger partial charge in [-0.25, -0.2) is 4.79 Å². The minimum Gasteiger partial charge on any atom is -0.488 e. The molecule has 3 aromatic rings. The van der Waals surface area contributed by atoms with Gasteiger partial charge in [0.1, 0.15) is 18.0 Å². The van der Waals surface area contributed by atoms with Gasteiger partial charge in [0.05, 0.1) is 5.69 Å². The maximum absolute atomic E-state index is 12.7. The number of benzene rings is 3. The van der Waals surface area contributed by atoms with E-state index in [1.54, 1.807) is 4.90 Å². The number of carbonyl (C=O) groups is 1. The summed E-state index contributed by atoms with van der Waals surface area (Å²) in [7, 11) is 0. The second-order valence-electron chi connectivity index (χ2n) is 8.07. The lowest BCUT2D eigenvalue weighted by Crippen LogP contribution is -2.35. The molecule has 3 aromatic carbocycles. The Bertz CT molecular complexity index is 1010. The number of nitrogens with zero attached hydrogens (tertiary/aromatic N) is 1. The number of rotatable bonds is 3. The van der Waals surface area contributed by atoms with Crippen LogP contribution in [0.15, 0.2) is 60.7 Å². The summed E-state index contributed by atoms with van der Waals surface area (Å²) in [5.41, 5.74) is 2.64. The quantitative estimate of drug-likeness (QED) is 0.445. The van der Waals surface area contributed by atoms with E-state index in [0.29, 0.717) is 13.2 Å². The van der Waals surface area contributed by atoms with Gasteiger partial charge in [0.15, 0.2) is 0 Å². The van der Waals surface area contributed by atoms with Crippen LogP contribution in [0.2, 0.25) is 0 Å². The molecule has 0 aromatic heterocycles. The molecule has 0 bridgehead atoms. The predicted octanol–water partition coefficient (Wildman–Crippen LogP) is 6.57. The highest BCUT2D eigenvalue weighted by atomic mass is 35.5. The molecule has 4 rings (SSSR count). The Balaban J connectivity index is 0.00000124. The zero-order valence-electron chi connectivity index (χ0n) is 17.9. The predicted molar refractivity (Wildman–Crippen MR) is 124 cm³/mol. The van der Waals surface area contributed by atoms with E-state index in [0.717, 1.165) is 34.2 Å². The van der Waals surface area contributed by atoms with Crippen LogP contribution in [0.3, 0.4) is 0 Å². The number of carbonyl (C=O) groups excluding carboxylic acids is 1. The summed E-state index contributed by atoms with van der Waals surface area (Å²) in [5.74, 6) is 0.786. The molecule has 1 aliphatic heterocycles. The van der Waals surface area contributed by atoms with Crippen molar-refractivity contribution in [1.82, 2.24) is 0 Å². The van der Waals surface area contributed by atoms with E-state index in [2.05, 4.69) is 23.7 Å². The molecule has 1 amide bonds. The molecule has 0 fully saturated rings. The van der Waals surface area contributed by atoms with Gasteiger partial charge in [0.25, 0.3) is 0 Å². The molecule has 4 nitrogen and oxygen atoms in total. The van der Waals surface area contributed by atoms with Crippen molar-refractivity contribution in [2.75, 3.05) is 17.8 Å². The van der Waals surface area contributed by atoms with Crippen molar-refractivity contribution in [2.45, 2.75) is 39.4 Å². The summed E-state index contributed by atoms with van der Waals surface area (Å²) in [6, 6.07) is 20.3. The number of hydrogen-bond acceptors (Lipinski definition) is 3. The van der Waals surface area contributed by atoms with Gasteiger partial charge in [-0.1, -0.05) is 54.6 Å². The third kappa shape index (κ3) is 4.88. The van der Waals surface area contributed by atoms with Gasteiger partial charge < -0.3 is 9.47 Å². The largest absolute Gasteiger partial charge is 0.488 e. The molecular weight excluding hydrogens is 398 g/mol. The van der Waals surface area contributed by atoms with E-state index in [-0.39, 0.29) is 6.09 Å². The van der Waals surface area contributed by atoms with Crippen molar-refractivity contribution < 1.29 is 14.3 Å². The first-order chi connectivity index (χ1) is 14.4. The number of hydrogen-bond donors (Lipinski definition) is 0. The SMILES string of the molecule is CC(C)(C)OC(=O)N1CCc2c1cc(OCc1ccccc1)c1ccccc21.CCl. The Kier molecular flexibility index (Phi) is 6.88. The standard InChI is InChI=1S/C24H25NO3.CH3Cl/c1-24(2,3)28-23(26)25-14-13-19-18-11-7-8-12-20(18)22(15-21(19)25)27-16-17-9-5-4-6-10-17;1-2/h4-12,15H,13-14,16H2,1-3H3;1H3. The first-order valence-corrected chi connectivity index (χ1v) is 10.8. The number of amides is 1. The topological polar surface area (TPSA) is 38.8 Å². The zero-order chi connectivity index (χ0) is 21.7. The summed E-state index contributed by atoms with van der Waals surface area (Å²) < 4.78 is 11.8. The molecule has 5 heteroatoms. The average Bonchev–Trinajstić information content (AvgIpc) is 3.17. The lowest BCUT2D eigenvalue weighted by Gasteiger charge is -2.25. The maximum Gasteiger partial charge on any atom is 0.414 e. The maximum atomic E-state index is 12.7. The fourth-order valence-electron chi connectivity index (χ4n) is 3.60. The third-order valence-electron chi connectivity index (χ3n) is 4.82. The Morgan fingerprint density at radius 2 is 1.63 bits per heavy atom. The Hall–Kier alpha value is -2.72. The lowest BCUT2D eigenvalue weighted by atomic mass is 10.0. The van der Waals surface area contributed by atoms with Crippen molar-refractivity contribution in [3.05, 3.63) is 71.8 Å². The van der Waals surface area contributed by atoms with Crippen LogP contribution in [0.25, 0.3) is 10.8 Å². The number of alkyl halides is 1. The van der Waals surface area contributed by atoms with Crippen LogP contribution in [0, 0.1) is 0 Å². The van der Waals surface area contributed by atoms with Gasteiger partial charge in [0, 0.05) is 24.4 Å². The molecule has 1 aliphatic rings. The molecule has 0 atom stereocenters. The van der Waals surface area contributed by atoms with Gasteiger partial charge in [-0.05, 0) is 43.7 Å². The number of ether oxygens (including phenoxy) is 2. The molecule has 0 saturated carbocycles. The summed E-state index contributed by atoms with van der Waals surface area (Å²) in [6.45, 7) is 6.76. The summed E-state index contributed by atoms with van der Waals surface area (Å²) in [5, 5.41) is 2.21. The number of anilines is 1. The van der Waals surface area contributed by atoms with Gasteiger partial charge in [-0.3, -0.25) is 4.90 Å². The Morgan fingerprint density at radius 1 is 1.00 bits per heavy atom. The minimum absolute atomic E-state index is 0.310. The van der Waals surface area contributed by atoms with Crippen molar-refractivity contribution in [1.29, 1.82) is 0 Å². The number of halogens is 1. The molecule has 0 saturated heterocycles. The van der Waals surface area contributed by atoms with E-state index < -0.39 is 5.60 Å². The van der Waals surface area contributed by atoms with Gasteiger partial charge in [0.2, 0.25) is 0 Å². The summed E-state index contributed by atoms with van der Waals surface area (Å²) in [6.07, 6.45) is 1.98. The first-order valence-electron chi connectivity index (χ1n) is 10.0. The van der Waals surface area contributed by atoms with Crippen molar-refractivity contribution in [3.63, 3.8) is 0 Å². The van der Waals surface area contributed by atoms with Crippen LogP contribution in [0.1, 0.15) is 31.9 Å². The molecule has 1 heterocycles. The van der Waals surface area contributed by atoms with E-state index in [9.17, 15) is 4.79 Å². The summed E-state index contributed by atoms with van der Waals surface area (Å²) >= 11 is 4.64. The van der Waals surface area contributed by atoms with Crippen LogP contribution in [-0.4, -0.2) is 24.6 Å². The van der Waals surface area contributed by atoms with Crippen molar-refractivity contribution >= 4 is 34.2 Å². The van der Waals surface area contributed by atoms with Gasteiger partial charge in [-0.15, -0.1) is 11.6 Å². The highest BCUT2D eigenvalue weighted by Gasteiger charge is 2.31. The molecule has 0 unspecified atom stereocenters. The molecular formula is C25H28ClNO3. The van der Waals surface area contributed by atoms with Crippen LogP contribution in [0.5, 0.6) is 5.75 Å². The highest BCUT2D eigenvalue weighted by Crippen LogP contribution is 2.40. The van der Waals surface area contributed by atoms with Gasteiger partial charge in [-0.2, -0.15) is 0 Å². The zero-order valence-corrected chi connectivity index (χ0v) is 18.7. The Morgan fingerprint density at radius 3 is 2.30 bits per heavy atom. The average molecular weight is 426 g/mol. The second-order valence-corrected chi connectivity index (χ2v) is 8.07. The van der Waals surface area contributed by atoms with E-state index in [1.165, 1.54) is 11.9 Å². The van der Waals surface area contributed by atoms with E-state index in [1.807, 2.05) is 69.3 Å². The van der Waals surface area contributed by atoms with Crippen LogP contribution in [0.4, 0.5) is 10.5 Å². The highest BCUT2D eigenvalue weighted by molar-refractivity contribution is 6.15. The molecule has 0 aliphatic carbocycles. The Labute approximate surface area is 183 Å². The monoisotopic (exact) mass is 425 g/mol. The van der Waals surface area contributed by atoms with Gasteiger partial charge >= 0.3 is 6.09 Å². The van der Waals surface area contributed by atoms with Crippen molar-refractivity contribution in [2.24, 2.45) is 0 Å². The smallest absolute Gasteiger partial charge is 0.414 e. The fraction of sp³-hybridized carbons (Fsp3) is 0.320. The molecule has 30 heavy (non-hydrogen) atoms. The normalized spacial score (nSPS) is 12.8. The van der Waals surface area contributed by atoms with Crippen LogP contribution < -0.4 is 9.64 Å². The molecule has 158 valence electrons. The fourth-order valence-corrected chi connectivity index (χ4v) is 3.60. The number of fused-ring (bicyclic) bond motifs is 3. The molecule has 0 spiro atoms. The third-order valence-corrected chi connectivity index (χ3v) is 4.82. The summed E-state index contributed by atoms with van der Waals surface area (Å²) in [4.78, 5) is 14.4. The second kappa shape index (κ2) is 9.40. The minimum atomic E-state index is -0.524. The van der Waals surface area contributed by atoms with Crippen molar-refractivity contribution in [3.8, 4) is 5.75 Å². The van der Waals surface area contributed by atoms with Crippen LogP contribution in [-0.2, 0) is 17.8 Å². The van der Waals surface area contributed by atoms with E-state index in [4.69, 9.17) is 9.47 Å².